The monoisotopic (exact) mass is 248 g/mol. The molecule has 0 aliphatic carbocycles. The summed E-state index contributed by atoms with van der Waals surface area (Å²) in [6, 6.07) is 4.88. The van der Waals surface area contributed by atoms with Gasteiger partial charge in [0.05, 0.1) is 12.1 Å². The van der Waals surface area contributed by atoms with Gasteiger partial charge in [-0.1, -0.05) is 6.07 Å². The molecule has 0 saturated heterocycles. The highest BCUT2D eigenvalue weighted by Crippen LogP contribution is 2.17. The van der Waals surface area contributed by atoms with Crippen LogP contribution in [-0.2, 0) is 6.54 Å². The summed E-state index contributed by atoms with van der Waals surface area (Å²) in [5.41, 5.74) is 2.93. The Morgan fingerprint density at radius 2 is 2.35 bits per heavy atom. The number of hydrogen-bond donors (Lipinski definition) is 2. The molecule has 0 spiro atoms. The molecule has 0 saturated carbocycles. The summed E-state index contributed by atoms with van der Waals surface area (Å²) in [7, 11) is 0. The molecule has 17 heavy (non-hydrogen) atoms. The van der Waals surface area contributed by atoms with Crippen LogP contribution < -0.4 is 5.32 Å². The van der Waals surface area contributed by atoms with Crippen molar-refractivity contribution in [3.8, 4) is 5.75 Å². The number of carbonyl (C=O) groups excluding carboxylic acids is 1. The molecule has 0 aliphatic heterocycles. The van der Waals surface area contributed by atoms with Gasteiger partial charge >= 0.3 is 0 Å². The fourth-order valence-corrected chi connectivity index (χ4v) is 1.88. The normalized spacial score (nSPS) is 10.2. The number of amides is 1. The minimum absolute atomic E-state index is 0.135. The second-order valence-electron chi connectivity index (χ2n) is 3.65. The summed E-state index contributed by atoms with van der Waals surface area (Å²) in [6.07, 6.45) is 1.72. The van der Waals surface area contributed by atoms with Gasteiger partial charge in [0, 0.05) is 16.6 Å². The molecule has 0 unspecified atom stereocenters. The third-order valence-electron chi connectivity index (χ3n) is 2.38. The number of aryl methyl sites for hydroxylation is 1. The van der Waals surface area contributed by atoms with Gasteiger partial charge in [-0.2, -0.15) is 0 Å². The summed E-state index contributed by atoms with van der Waals surface area (Å²) in [5.74, 6) is -0.0656. The van der Waals surface area contributed by atoms with Crippen molar-refractivity contribution in [3.05, 3.63) is 45.9 Å². The van der Waals surface area contributed by atoms with E-state index in [1.165, 1.54) is 17.4 Å². The standard InChI is InChI=1S/C12H12N2O2S/c1-8-2-3-9(4-11(8)15)12(16)14-6-10-5-13-7-17-10/h2-5,7,15H,6H2,1H3,(H,14,16). The molecule has 0 bridgehead atoms. The van der Waals surface area contributed by atoms with Crippen LogP contribution >= 0.6 is 11.3 Å². The first-order valence-electron chi connectivity index (χ1n) is 5.12. The van der Waals surface area contributed by atoms with E-state index >= 15 is 0 Å². The maximum atomic E-state index is 11.8. The maximum Gasteiger partial charge on any atom is 0.251 e. The number of benzene rings is 1. The second kappa shape index (κ2) is 4.97. The Kier molecular flexibility index (Phi) is 3.39. The highest BCUT2D eigenvalue weighted by molar-refractivity contribution is 7.09. The zero-order chi connectivity index (χ0) is 12.3. The summed E-state index contributed by atoms with van der Waals surface area (Å²) in [6.45, 7) is 2.24. The van der Waals surface area contributed by atoms with E-state index in [1.54, 1.807) is 30.8 Å². The van der Waals surface area contributed by atoms with Crippen LogP contribution in [0, 0.1) is 6.92 Å². The van der Waals surface area contributed by atoms with Gasteiger partial charge in [-0.25, -0.2) is 0 Å². The van der Waals surface area contributed by atoms with Crippen LogP contribution in [0.3, 0.4) is 0 Å². The lowest BCUT2D eigenvalue weighted by Gasteiger charge is -2.05. The molecule has 88 valence electrons. The average Bonchev–Trinajstić information content (AvgIpc) is 2.82. The summed E-state index contributed by atoms with van der Waals surface area (Å²) in [5, 5.41) is 12.3. The van der Waals surface area contributed by atoms with Crippen molar-refractivity contribution in [2.24, 2.45) is 0 Å². The van der Waals surface area contributed by atoms with Gasteiger partial charge in [-0.15, -0.1) is 11.3 Å². The number of aromatic nitrogens is 1. The van der Waals surface area contributed by atoms with Gasteiger partial charge in [0.15, 0.2) is 0 Å². The molecule has 1 aromatic heterocycles. The minimum Gasteiger partial charge on any atom is -0.508 e. The number of thiazole rings is 1. The van der Waals surface area contributed by atoms with E-state index in [0.717, 1.165) is 10.4 Å². The zero-order valence-electron chi connectivity index (χ0n) is 9.30. The molecule has 5 heteroatoms. The molecule has 1 aromatic carbocycles. The lowest BCUT2D eigenvalue weighted by Crippen LogP contribution is -2.22. The van der Waals surface area contributed by atoms with Crippen molar-refractivity contribution in [1.82, 2.24) is 10.3 Å². The Bertz CT molecular complexity index is 523. The van der Waals surface area contributed by atoms with Crippen molar-refractivity contribution >= 4 is 17.2 Å². The van der Waals surface area contributed by atoms with Gasteiger partial charge in [0.1, 0.15) is 5.75 Å². The minimum atomic E-state index is -0.200. The molecule has 4 nitrogen and oxygen atoms in total. The molecule has 0 atom stereocenters. The first-order valence-corrected chi connectivity index (χ1v) is 6.00. The lowest BCUT2D eigenvalue weighted by molar-refractivity contribution is 0.0951. The second-order valence-corrected chi connectivity index (χ2v) is 4.62. The number of carbonyl (C=O) groups is 1. The highest BCUT2D eigenvalue weighted by atomic mass is 32.1. The number of aromatic hydroxyl groups is 1. The van der Waals surface area contributed by atoms with Crippen molar-refractivity contribution in [2.45, 2.75) is 13.5 Å². The summed E-state index contributed by atoms with van der Waals surface area (Å²) < 4.78 is 0. The molecular weight excluding hydrogens is 236 g/mol. The van der Waals surface area contributed by atoms with Crippen LogP contribution in [0.1, 0.15) is 20.8 Å². The Morgan fingerprint density at radius 3 is 3.00 bits per heavy atom. The van der Waals surface area contributed by atoms with Crippen molar-refractivity contribution < 1.29 is 9.90 Å². The first-order chi connectivity index (χ1) is 8.16. The molecular formula is C12H12N2O2S. The van der Waals surface area contributed by atoms with Crippen LogP contribution in [0.4, 0.5) is 0 Å². The maximum absolute atomic E-state index is 11.8. The number of rotatable bonds is 3. The largest absolute Gasteiger partial charge is 0.508 e. The van der Waals surface area contributed by atoms with E-state index in [-0.39, 0.29) is 11.7 Å². The van der Waals surface area contributed by atoms with Crippen molar-refractivity contribution in [2.75, 3.05) is 0 Å². The SMILES string of the molecule is Cc1ccc(C(=O)NCc2cncs2)cc1O. The Labute approximate surface area is 103 Å². The average molecular weight is 248 g/mol. The smallest absolute Gasteiger partial charge is 0.251 e. The zero-order valence-corrected chi connectivity index (χ0v) is 10.1. The van der Waals surface area contributed by atoms with Crippen LogP contribution in [-0.4, -0.2) is 16.0 Å². The van der Waals surface area contributed by atoms with Crippen LogP contribution in [0.15, 0.2) is 29.9 Å². The quantitative estimate of drug-likeness (QED) is 0.874. The third kappa shape index (κ3) is 2.82. The number of nitrogens with one attached hydrogen (secondary N) is 1. The molecule has 0 aliphatic rings. The van der Waals surface area contributed by atoms with Crippen LogP contribution in [0.25, 0.3) is 0 Å². The first kappa shape index (κ1) is 11.6. The number of nitrogens with zero attached hydrogens (tertiary/aromatic N) is 1. The van der Waals surface area contributed by atoms with Gasteiger partial charge in [-0.05, 0) is 24.6 Å². The van der Waals surface area contributed by atoms with Gasteiger partial charge < -0.3 is 10.4 Å². The van der Waals surface area contributed by atoms with Crippen LogP contribution in [0.5, 0.6) is 5.75 Å². The van der Waals surface area contributed by atoms with E-state index < -0.39 is 0 Å². The summed E-state index contributed by atoms with van der Waals surface area (Å²) in [4.78, 5) is 16.7. The Balaban J connectivity index is 2.02. The van der Waals surface area contributed by atoms with E-state index in [4.69, 9.17) is 0 Å². The Hall–Kier alpha value is -1.88. The van der Waals surface area contributed by atoms with E-state index in [2.05, 4.69) is 10.3 Å². The predicted octanol–water partition coefficient (Wildman–Crippen LogP) is 2.09. The van der Waals surface area contributed by atoms with Crippen molar-refractivity contribution in [3.63, 3.8) is 0 Å². The molecule has 0 fully saturated rings. The number of phenolic OH excluding ortho intramolecular Hbond substituents is 1. The fourth-order valence-electron chi connectivity index (χ4n) is 1.35. The topological polar surface area (TPSA) is 62.2 Å². The molecule has 1 amide bonds. The lowest BCUT2D eigenvalue weighted by atomic mass is 10.1. The van der Waals surface area contributed by atoms with E-state index in [0.29, 0.717) is 12.1 Å². The molecule has 2 rings (SSSR count). The predicted molar refractivity (Wildman–Crippen MR) is 66.1 cm³/mol. The molecule has 2 N–H and O–H groups in total. The molecule has 0 radical (unpaired) electrons. The molecule has 2 aromatic rings. The highest BCUT2D eigenvalue weighted by Gasteiger charge is 2.07. The number of phenols is 1. The van der Waals surface area contributed by atoms with Gasteiger partial charge in [0.25, 0.3) is 5.91 Å². The number of hydrogen-bond acceptors (Lipinski definition) is 4. The summed E-state index contributed by atoms with van der Waals surface area (Å²) >= 11 is 1.49. The van der Waals surface area contributed by atoms with Crippen molar-refractivity contribution in [1.29, 1.82) is 0 Å². The van der Waals surface area contributed by atoms with Gasteiger partial charge in [-0.3, -0.25) is 9.78 Å². The fraction of sp³-hybridized carbons (Fsp3) is 0.167. The Morgan fingerprint density at radius 1 is 1.53 bits per heavy atom. The van der Waals surface area contributed by atoms with Crippen LogP contribution in [0.2, 0.25) is 0 Å². The molecule has 1 heterocycles. The third-order valence-corrected chi connectivity index (χ3v) is 3.16. The van der Waals surface area contributed by atoms with E-state index in [1.807, 2.05) is 0 Å². The van der Waals surface area contributed by atoms with E-state index in [9.17, 15) is 9.90 Å². The van der Waals surface area contributed by atoms with Gasteiger partial charge in [0.2, 0.25) is 0 Å².